The van der Waals surface area contributed by atoms with Crippen molar-refractivity contribution >= 4 is 5.78 Å². The van der Waals surface area contributed by atoms with Crippen molar-refractivity contribution in [3.63, 3.8) is 0 Å². The summed E-state index contributed by atoms with van der Waals surface area (Å²) in [4.78, 5) is 11.2. The highest BCUT2D eigenvalue weighted by Gasteiger charge is 2.12. The minimum Gasteiger partial charge on any atom is -0.359 e. The van der Waals surface area contributed by atoms with Gasteiger partial charge in [-0.15, -0.1) is 0 Å². The molecule has 0 aromatic heterocycles. The van der Waals surface area contributed by atoms with E-state index in [0.717, 1.165) is 18.4 Å². The van der Waals surface area contributed by atoms with Crippen LogP contribution in [0.15, 0.2) is 11.6 Å². The highest BCUT2D eigenvalue weighted by Crippen LogP contribution is 2.13. The van der Waals surface area contributed by atoms with Gasteiger partial charge < -0.3 is 9.47 Å². The van der Waals surface area contributed by atoms with Crippen molar-refractivity contribution in [1.29, 1.82) is 0 Å². The van der Waals surface area contributed by atoms with Gasteiger partial charge in [-0.3, -0.25) is 4.79 Å². The van der Waals surface area contributed by atoms with Crippen LogP contribution >= 0.6 is 0 Å². The van der Waals surface area contributed by atoms with E-state index in [1.807, 2.05) is 6.08 Å². The van der Waals surface area contributed by atoms with Crippen molar-refractivity contribution in [2.75, 3.05) is 20.5 Å². The second kappa shape index (κ2) is 5.06. The first-order chi connectivity index (χ1) is 5.84. The molecule has 0 aliphatic heterocycles. The Morgan fingerprint density at radius 1 is 1.58 bits per heavy atom. The number of allylic oxidation sites excluding steroid dienone is 1. The molecule has 0 spiro atoms. The monoisotopic (exact) mass is 170 g/mol. The largest absolute Gasteiger partial charge is 0.359 e. The third kappa shape index (κ3) is 2.75. The summed E-state index contributed by atoms with van der Waals surface area (Å²) in [5.74, 6) is 0.220. The molecular weight excluding hydrogens is 156 g/mol. The summed E-state index contributed by atoms with van der Waals surface area (Å²) in [5.41, 5.74) is 0.804. The molecule has 12 heavy (non-hydrogen) atoms. The number of Topliss-reactive ketones (excluding diaryl/α,β-unsaturated/α-hetero) is 1. The molecule has 0 heterocycles. The average molecular weight is 170 g/mol. The van der Waals surface area contributed by atoms with E-state index >= 15 is 0 Å². The van der Waals surface area contributed by atoms with Crippen molar-refractivity contribution in [2.24, 2.45) is 0 Å². The second-order valence-electron chi connectivity index (χ2n) is 2.80. The molecule has 0 saturated carbocycles. The lowest BCUT2D eigenvalue weighted by Crippen LogP contribution is -2.13. The van der Waals surface area contributed by atoms with Gasteiger partial charge in [0.25, 0.3) is 0 Å². The van der Waals surface area contributed by atoms with Gasteiger partial charge in [-0.1, -0.05) is 6.08 Å². The number of carbonyl (C=O) groups excluding carboxylic acids is 1. The highest BCUT2D eigenvalue weighted by molar-refractivity contribution is 5.96. The Balaban J connectivity index is 2.29. The molecule has 0 unspecified atom stereocenters. The number of hydrogen-bond donors (Lipinski definition) is 0. The van der Waals surface area contributed by atoms with Crippen LogP contribution in [0, 0.1) is 0 Å². The van der Waals surface area contributed by atoms with E-state index in [9.17, 15) is 4.79 Å². The standard InChI is InChI=1S/C9H14O3/c1-11-7-12-6-8-4-2-3-5-9(8)10/h4H,2-3,5-7H2,1H3. The first-order valence-corrected chi connectivity index (χ1v) is 4.13. The van der Waals surface area contributed by atoms with Gasteiger partial charge in [-0.2, -0.15) is 0 Å². The lowest BCUT2D eigenvalue weighted by molar-refractivity contribution is -0.117. The van der Waals surface area contributed by atoms with Gasteiger partial charge in [0.2, 0.25) is 0 Å². The number of carbonyl (C=O) groups is 1. The predicted octanol–water partition coefficient (Wildman–Crippen LogP) is 1.29. The fourth-order valence-electron chi connectivity index (χ4n) is 1.19. The van der Waals surface area contributed by atoms with E-state index in [0.29, 0.717) is 13.0 Å². The molecule has 68 valence electrons. The molecule has 0 atom stereocenters. The number of hydrogen-bond acceptors (Lipinski definition) is 3. The summed E-state index contributed by atoms with van der Waals surface area (Å²) >= 11 is 0. The zero-order chi connectivity index (χ0) is 8.81. The SMILES string of the molecule is COCOCC1=CCCCC1=O. The van der Waals surface area contributed by atoms with E-state index in [2.05, 4.69) is 0 Å². The molecule has 3 nitrogen and oxygen atoms in total. The van der Waals surface area contributed by atoms with Crippen molar-refractivity contribution in [2.45, 2.75) is 19.3 Å². The van der Waals surface area contributed by atoms with Gasteiger partial charge in [-0.25, -0.2) is 0 Å². The summed E-state index contributed by atoms with van der Waals surface area (Å²) in [6.07, 6.45) is 4.60. The van der Waals surface area contributed by atoms with Crippen molar-refractivity contribution in [1.82, 2.24) is 0 Å². The molecule has 0 saturated heterocycles. The number of ketones is 1. The molecule has 1 aliphatic carbocycles. The second-order valence-corrected chi connectivity index (χ2v) is 2.80. The third-order valence-electron chi connectivity index (χ3n) is 1.82. The molecule has 0 radical (unpaired) electrons. The van der Waals surface area contributed by atoms with Crippen LogP contribution in [0.1, 0.15) is 19.3 Å². The van der Waals surface area contributed by atoms with E-state index in [1.54, 1.807) is 7.11 Å². The average Bonchev–Trinajstić information content (AvgIpc) is 2.09. The maximum Gasteiger partial charge on any atom is 0.160 e. The molecule has 0 aromatic carbocycles. The fraction of sp³-hybridized carbons (Fsp3) is 0.667. The molecule has 0 N–H and O–H groups in total. The van der Waals surface area contributed by atoms with Crippen LogP contribution in [0.3, 0.4) is 0 Å². The predicted molar refractivity (Wildman–Crippen MR) is 44.8 cm³/mol. The zero-order valence-corrected chi connectivity index (χ0v) is 7.34. The lowest BCUT2D eigenvalue weighted by atomic mass is 9.99. The van der Waals surface area contributed by atoms with E-state index in [1.165, 1.54) is 0 Å². The lowest BCUT2D eigenvalue weighted by Gasteiger charge is -2.11. The van der Waals surface area contributed by atoms with E-state index < -0.39 is 0 Å². The van der Waals surface area contributed by atoms with Crippen LogP contribution in [-0.4, -0.2) is 26.3 Å². The fourth-order valence-corrected chi connectivity index (χ4v) is 1.19. The van der Waals surface area contributed by atoms with Crippen LogP contribution in [0.5, 0.6) is 0 Å². The Labute approximate surface area is 72.4 Å². The van der Waals surface area contributed by atoms with Gasteiger partial charge in [0, 0.05) is 19.1 Å². The summed E-state index contributed by atoms with van der Waals surface area (Å²) < 4.78 is 9.79. The van der Waals surface area contributed by atoms with E-state index in [4.69, 9.17) is 9.47 Å². The molecule has 0 aromatic rings. The van der Waals surface area contributed by atoms with E-state index in [-0.39, 0.29) is 12.6 Å². The molecule has 1 rings (SSSR count). The maximum atomic E-state index is 11.2. The van der Waals surface area contributed by atoms with Crippen molar-refractivity contribution in [3.8, 4) is 0 Å². The zero-order valence-electron chi connectivity index (χ0n) is 7.34. The van der Waals surface area contributed by atoms with Crippen LogP contribution < -0.4 is 0 Å². The van der Waals surface area contributed by atoms with Crippen LogP contribution in [-0.2, 0) is 14.3 Å². The van der Waals surface area contributed by atoms with Gasteiger partial charge in [-0.05, 0) is 12.8 Å². The molecule has 0 fully saturated rings. The van der Waals surface area contributed by atoms with Gasteiger partial charge in [0.05, 0.1) is 6.61 Å². The van der Waals surface area contributed by atoms with Crippen LogP contribution in [0.2, 0.25) is 0 Å². The van der Waals surface area contributed by atoms with Gasteiger partial charge in [0.15, 0.2) is 5.78 Å². The topological polar surface area (TPSA) is 35.5 Å². The summed E-state index contributed by atoms with van der Waals surface area (Å²) in [6, 6.07) is 0. The van der Waals surface area contributed by atoms with Crippen molar-refractivity contribution < 1.29 is 14.3 Å². The summed E-state index contributed by atoms with van der Waals surface area (Å²) in [6.45, 7) is 0.650. The molecule has 0 amide bonds. The van der Waals surface area contributed by atoms with Crippen molar-refractivity contribution in [3.05, 3.63) is 11.6 Å². The summed E-state index contributed by atoms with van der Waals surface area (Å²) in [5, 5.41) is 0. The minimum absolute atomic E-state index is 0.220. The quantitative estimate of drug-likeness (QED) is 0.471. The minimum atomic E-state index is 0.220. The van der Waals surface area contributed by atoms with Crippen LogP contribution in [0.4, 0.5) is 0 Å². The van der Waals surface area contributed by atoms with Crippen LogP contribution in [0.25, 0.3) is 0 Å². The normalized spacial score (nSPS) is 17.8. The van der Waals surface area contributed by atoms with Gasteiger partial charge in [0.1, 0.15) is 6.79 Å². The Hall–Kier alpha value is -0.670. The number of rotatable bonds is 4. The smallest absolute Gasteiger partial charge is 0.160 e. The Morgan fingerprint density at radius 3 is 3.08 bits per heavy atom. The first-order valence-electron chi connectivity index (χ1n) is 4.13. The number of ether oxygens (including phenoxy) is 2. The Kier molecular flexibility index (Phi) is 3.97. The molecular formula is C9H14O3. The molecule has 0 bridgehead atoms. The Morgan fingerprint density at radius 2 is 2.42 bits per heavy atom. The maximum absolute atomic E-state index is 11.2. The molecule has 3 heteroatoms. The molecule has 1 aliphatic rings. The van der Waals surface area contributed by atoms with Gasteiger partial charge >= 0.3 is 0 Å². The highest BCUT2D eigenvalue weighted by atomic mass is 16.7. The summed E-state index contributed by atoms with van der Waals surface area (Å²) in [7, 11) is 1.57. The first kappa shape index (κ1) is 9.42. The number of methoxy groups -OCH3 is 1. The Bertz CT molecular complexity index is 184. The third-order valence-corrected chi connectivity index (χ3v) is 1.82.